The van der Waals surface area contributed by atoms with Crippen LogP contribution in [0.25, 0.3) is 0 Å². The first-order valence-electron chi connectivity index (χ1n) is 6.99. The molecule has 0 radical (unpaired) electrons. The Kier molecular flexibility index (Phi) is 7.13. The minimum Gasteiger partial charge on any atom is -0.377 e. The molecule has 5 nitrogen and oxygen atoms in total. The van der Waals surface area contributed by atoms with Crippen LogP contribution in [0.4, 0.5) is 0 Å². The van der Waals surface area contributed by atoms with Gasteiger partial charge in [-0.1, -0.05) is 13.8 Å². The fraction of sp³-hybridized carbons (Fsp3) is 1.00. The molecule has 0 saturated carbocycles. The number of hydrogen-bond acceptors (Lipinski definition) is 5. The fourth-order valence-electron chi connectivity index (χ4n) is 2.08. The molecule has 2 unspecified atom stereocenters. The molecule has 0 aromatic heterocycles. The van der Waals surface area contributed by atoms with Crippen molar-refractivity contribution in [3.8, 4) is 0 Å². The van der Waals surface area contributed by atoms with Crippen LogP contribution in [0.15, 0.2) is 0 Å². The molecule has 8 heteroatoms. The number of ether oxygens (including phenoxy) is 3. The van der Waals surface area contributed by atoms with Crippen molar-refractivity contribution in [2.24, 2.45) is 0 Å². The van der Waals surface area contributed by atoms with Gasteiger partial charge >= 0.3 is 0 Å². The van der Waals surface area contributed by atoms with Gasteiger partial charge in [-0.05, 0) is 25.7 Å². The van der Waals surface area contributed by atoms with E-state index in [1.165, 1.54) is 0 Å². The zero-order valence-corrected chi connectivity index (χ0v) is 14.8. The molecule has 0 aliphatic carbocycles. The zero-order valence-electron chi connectivity index (χ0n) is 13.1. The first-order chi connectivity index (χ1) is 9.19. The van der Waals surface area contributed by atoms with Crippen molar-refractivity contribution >= 4 is 26.1 Å². The summed E-state index contributed by atoms with van der Waals surface area (Å²) in [5.74, 6) is 0. The molecule has 1 aliphatic rings. The molecule has 1 aliphatic heterocycles. The van der Waals surface area contributed by atoms with Crippen LogP contribution in [0.5, 0.6) is 0 Å². The van der Waals surface area contributed by atoms with Crippen molar-refractivity contribution in [1.29, 1.82) is 0 Å². The molecule has 1 heterocycles. The van der Waals surface area contributed by atoms with E-state index >= 15 is 0 Å². The van der Waals surface area contributed by atoms with E-state index in [1.54, 1.807) is 7.11 Å². The average Bonchev–Trinajstić information content (AvgIpc) is 2.61. The molecule has 1 N–H and O–H groups in total. The van der Waals surface area contributed by atoms with Gasteiger partial charge in [0.1, 0.15) is 26.2 Å². The third-order valence-corrected chi connectivity index (χ3v) is 6.71. The zero-order chi connectivity index (χ0) is 15.5. The van der Waals surface area contributed by atoms with Crippen LogP contribution in [0.1, 0.15) is 27.7 Å². The maximum Gasteiger partial charge on any atom is 0.189 e. The molecular weight excluding hydrogens is 298 g/mol. The van der Waals surface area contributed by atoms with Gasteiger partial charge in [0.15, 0.2) is 6.49 Å². The Morgan fingerprint density at radius 3 is 2.35 bits per heavy atom. The van der Waals surface area contributed by atoms with E-state index < -0.39 is 12.6 Å². The highest BCUT2D eigenvalue weighted by molar-refractivity contribution is 8.09. The molecule has 5 atom stereocenters. The van der Waals surface area contributed by atoms with Crippen LogP contribution in [0, 0.1) is 0 Å². The summed E-state index contributed by atoms with van der Waals surface area (Å²) in [7, 11) is 3.54. The summed E-state index contributed by atoms with van der Waals surface area (Å²) in [6.07, 6.45) is -0.806. The predicted molar refractivity (Wildman–Crippen MR) is 85.6 cm³/mol. The van der Waals surface area contributed by atoms with Gasteiger partial charge in [0.2, 0.25) is 0 Å². The normalized spacial score (nSPS) is 33.8. The van der Waals surface area contributed by atoms with Crippen molar-refractivity contribution < 1.29 is 23.6 Å². The lowest BCUT2D eigenvalue weighted by atomic mass is 9.93. The SMILES string of the molecule is B[C@@H]1O[C@H](COC(C)C)C(OP(O)(=S)C(C)C)[C@H]1OC. The van der Waals surface area contributed by atoms with Gasteiger partial charge in [-0.3, -0.25) is 0 Å². The second-order valence-electron chi connectivity index (χ2n) is 5.69. The number of rotatable bonds is 7. The van der Waals surface area contributed by atoms with E-state index in [-0.39, 0.29) is 30.0 Å². The van der Waals surface area contributed by atoms with Gasteiger partial charge in [0, 0.05) is 12.8 Å². The lowest BCUT2D eigenvalue weighted by molar-refractivity contribution is -0.0433. The van der Waals surface area contributed by atoms with Crippen molar-refractivity contribution in [3.05, 3.63) is 0 Å². The van der Waals surface area contributed by atoms with Crippen LogP contribution in [0.2, 0.25) is 0 Å². The summed E-state index contributed by atoms with van der Waals surface area (Å²) in [5.41, 5.74) is -0.0995. The third kappa shape index (κ3) is 4.77. The van der Waals surface area contributed by atoms with Crippen LogP contribution < -0.4 is 0 Å². The van der Waals surface area contributed by atoms with E-state index in [1.807, 2.05) is 35.5 Å². The summed E-state index contributed by atoms with van der Waals surface area (Å²) < 4.78 is 22.7. The molecule has 118 valence electrons. The van der Waals surface area contributed by atoms with Crippen LogP contribution >= 0.6 is 6.49 Å². The van der Waals surface area contributed by atoms with Crippen LogP contribution in [-0.2, 0) is 30.5 Å². The molecule has 20 heavy (non-hydrogen) atoms. The smallest absolute Gasteiger partial charge is 0.189 e. The maximum absolute atomic E-state index is 10.3. The Morgan fingerprint density at radius 2 is 1.90 bits per heavy atom. The minimum atomic E-state index is -2.86. The molecular formula is C12H26BO5PS. The Hall–Kier alpha value is 0.515. The number of methoxy groups -OCH3 is 1. The molecule has 0 amide bonds. The van der Waals surface area contributed by atoms with Crippen LogP contribution in [0.3, 0.4) is 0 Å². The molecule has 0 aromatic rings. The summed E-state index contributed by atoms with van der Waals surface area (Å²) in [4.78, 5) is 10.3. The van der Waals surface area contributed by atoms with Crippen molar-refractivity contribution in [1.82, 2.24) is 0 Å². The Bertz CT molecular complexity index is 355. The largest absolute Gasteiger partial charge is 0.377 e. The first kappa shape index (κ1) is 18.6. The lowest BCUT2D eigenvalue weighted by Gasteiger charge is -2.29. The highest BCUT2D eigenvalue weighted by Gasteiger charge is 2.46. The predicted octanol–water partition coefficient (Wildman–Crippen LogP) is 0.880. The highest BCUT2D eigenvalue weighted by Crippen LogP contribution is 2.50. The van der Waals surface area contributed by atoms with E-state index in [2.05, 4.69) is 0 Å². The van der Waals surface area contributed by atoms with Gasteiger partial charge in [-0.15, -0.1) is 0 Å². The third-order valence-electron chi connectivity index (χ3n) is 3.33. The Balaban J connectivity index is 2.80. The molecule has 0 bridgehead atoms. The first-order valence-corrected chi connectivity index (χ1v) is 9.74. The van der Waals surface area contributed by atoms with Crippen molar-refractivity contribution in [2.75, 3.05) is 13.7 Å². The molecule has 1 saturated heterocycles. The van der Waals surface area contributed by atoms with E-state index in [4.69, 9.17) is 30.5 Å². The van der Waals surface area contributed by atoms with Gasteiger partial charge in [0.25, 0.3) is 0 Å². The summed E-state index contributed by atoms with van der Waals surface area (Å²) >= 11 is 5.22. The molecule has 0 spiro atoms. The average molecular weight is 324 g/mol. The maximum atomic E-state index is 10.3. The van der Waals surface area contributed by atoms with Crippen molar-refractivity contribution in [2.45, 2.75) is 63.8 Å². The number of hydrogen-bond donors (Lipinski definition) is 1. The minimum absolute atomic E-state index is 0.0995. The molecule has 0 aromatic carbocycles. The standard InChI is InChI=1S/C12H26BO5PS/c1-7(2)16-6-9-10(11(15-5)12(13)17-9)18-19(14,20)8(3)4/h7-12H,6,13H2,1-5H3,(H,14,20)/t9-,10?,11-,12-,19?/m1/s1. The van der Waals surface area contributed by atoms with Gasteiger partial charge in [0.05, 0.1) is 18.7 Å². The summed E-state index contributed by atoms with van der Waals surface area (Å²) in [5, 5.41) is 0. The van der Waals surface area contributed by atoms with Gasteiger partial charge in [-0.25, -0.2) is 0 Å². The van der Waals surface area contributed by atoms with Gasteiger partial charge < -0.3 is 23.6 Å². The second kappa shape index (κ2) is 7.68. The topological polar surface area (TPSA) is 57.2 Å². The second-order valence-corrected chi connectivity index (χ2v) is 9.63. The highest BCUT2D eigenvalue weighted by atomic mass is 32.5. The Morgan fingerprint density at radius 1 is 1.30 bits per heavy atom. The lowest BCUT2D eigenvalue weighted by Crippen LogP contribution is -2.38. The summed E-state index contributed by atoms with van der Waals surface area (Å²) in [6, 6.07) is -0.118. The summed E-state index contributed by atoms with van der Waals surface area (Å²) in [6.45, 7) is 5.20. The fourth-order valence-corrected chi connectivity index (χ4v) is 3.23. The van der Waals surface area contributed by atoms with Gasteiger partial charge in [-0.2, -0.15) is 0 Å². The monoisotopic (exact) mass is 324 g/mol. The molecule has 1 fully saturated rings. The Labute approximate surface area is 127 Å². The molecule has 1 rings (SSSR count). The van der Waals surface area contributed by atoms with E-state index in [9.17, 15) is 4.89 Å². The van der Waals surface area contributed by atoms with E-state index in [0.29, 0.717) is 6.61 Å². The quantitative estimate of drug-likeness (QED) is 0.554. The van der Waals surface area contributed by atoms with E-state index in [0.717, 1.165) is 0 Å². The van der Waals surface area contributed by atoms with Crippen molar-refractivity contribution in [3.63, 3.8) is 0 Å². The van der Waals surface area contributed by atoms with Crippen LogP contribution in [-0.4, -0.2) is 62.5 Å².